The number of carbonyl (C=O) groups excluding carboxylic acids is 2. The molecule has 2 rings (SSSR count). The highest BCUT2D eigenvalue weighted by Crippen LogP contribution is 2.20. The number of nitrogens with zero attached hydrogens (tertiary/aromatic N) is 2. The minimum Gasteiger partial charge on any atom is -0.352 e. The van der Waals surface area contributed by atoms with Crippen molar-refractivity contribution in [3.8, 4) is 0 Å². The molecule has 0 bridgehead atoms. The SMILES string of the molecule is CCCn1c(=O)[nH]c(=O)c2c(C(=O)NC(C)C(=O)NC(C)CC)cc(C(C)C)nc21. The largest absolute Gasteiger partial charge is 0.352 e. The predicted octanol–water partition coefficient (Wildman–Crippen LogP) is 1.65. The number of carbonyl (C=O) groups is 2. The lowest BCUT2D eigenvalue weighted by atomic mass is 10.0. The van der Waals surface area contributed by atoms with E-state index >= 15 is 0 Å². The molecule has 0 radical (unpaired) electrons. The average molecular weight is 418 g/mol. The van der Waals surface area contributed by atoms with Gasteiger partial charge >= 0.3 is 5.69 Å². The smallest absolute Gasteiger partial charge is 0.329 e. The van der Waals surface area contributed by atoms with Gasteiger partial charge in [0, 0.05) is 18.3 Å². The summed E-state index contributed by atoms with van der Waals surface area (Å²) in [6, 6.07) is 0.743. The third-order valence-electron chi connectivity index (χ3n) is 4.99. The van der Waals surface area contributed by atoms with Gasteiger partial charge in [-0.1, -0.05) is 27.7 Å². The van der Waals surface area contributed by atoms with Crippen LogP contribution in [0.1, 0.15) is 76.4 Å². The van der Waals surface area contributed by atoms with Crippen molar-refractivity contribution in [2.75, 3.05) is 0 Å². The summed E-state index contributed by atoms with van der Waals surface area (Å²) in [7, 11) is 0. The molecule has 164 valence electrons. The van der Waals surface area contributed by atoms with Crippen molar-refractivity contribution in [2.45, 2.75) is 78.9 Å². The fourth-order valence-corrected chi connectivity index (χ4v) is 3.01. The molecule has 2 unspecified atom stereocenters. The maximum atomic E-state index is 13.1. The number of hydrogen-bond donors (Lipinski definition) is 3. The van der Waals surface area contributed by atoms with Crippen LogP contribution in [0.3, 0.4) is 0 Å². The molecule has 0 aliphatic carbocycles. The third kappa shape index (κ3) is 4.95. The Balaban J connectivity index is 2.58. The van der Waals surface area contributed by atoms with E-state index in [1.165, 1.54) is 4.57 Å². The molecule has 2 aromatic rings. The normalized spacial score (nSPS) is 13.3. The highest BCUT2D eigenvalue weighted by molar-refractivity contribution is 6.06. The lowest BCUT2D eigenvalue weighted by molar-refractivity contribution is -0.123. The van der Waals surface area contributed by atoms with Gasteiger partial charge in [-0.15, -0.1) is 0 Å². The molecule has 2 heterocycles. The minimum absolute atomic E-state index is 0.0162. The van der Waals surface area contributed by atoms with E-state index in [0.29, 0.717) is 18.7 Å². The van der Waals surface area contributed by atoms with E-state index in [4.69, 9.17) is 0 Å². The van der Waals surface area contributed by atoms with Crippen LogP contribution in [0.5, 0.6) is 0 Å². The molecule has 0 aromatic carbocycles. The first kappa shape index (κ1) is 23.3. The maximum Gasteiger partial charge on any atom is 0.329 e. The molecule has 9 nitrogen and oxygen atoms in total. The lowest BCUT2D eigenvalue weighted by Crippen LogP contribution is -2.47. The van der Waals surface area contributed by atoms with Crippen LogP contribution in [-0.4, -0.2) is 38.4 Å². The summed E-state index contributed by atoms with van der Waals surface area (Å²) in [6.07, 6.45) is 1.42. The van der Waals surface area contributed by atoms with Crippen LogP contribution >= 0.6 is 0 Å². The van der Waals surface area contributed by atoms with E-state index in [-0.39, 0.29) is 34.5 Å². The fraction of sp³-hybridized carbons (Fsp3) is 0.571. The van der Waals surface area contributed by atoms with Crippen LogP contribution in [0.2, 0.25) is 0 Å². The Bertz CT molecular complexity index is 1050. The van der Waals surface area contributed by atoms with E-state index in [1.807, 2.05) is 34.6 Å². The molecule has 0 saturated carbocycles. The van der Waals surface area contributed by atoms with Crippen LogP contribution in [0.4, 0.5) is 0 Å². The van der Waals surface area contributed by atoms with E-state index in [2.05, 4.69) is 20.6 Å². The lowest BCUT2D eigenvalue weighted by Gasteiger charge is -2.19. The number of fused-ring (bicyclic) bond motifs is 1. The summed E-state index contributed by atoms with van der Waals surface area (Å²) >= 11 is 0. The molecule has 0 spiro atoms. The summed E-state index contributed by atoms with van der Waals surface area (Å²) in [5.74, 6) is -0.906. The highest BCUT2D eigenvalue weighted by atomic mass is 16.2. The zero-order valence-corrected chi connectivity index (χ0v) is 18.5. The van der Waals surface area contributed by atoms with Gasteiger partial charge in [0.2, 0.25) is 5.91 Å². The summed E-state index contributed by atoms with van der Waals surface area (Å²) in [5.41, 5.74) is -0.377. The topological polar surface area (TPSA) is 126 Å². The molecular formula is C21H31N5O4. The average Bonchev–Trinajstić information content (AvgIpc) is 2.69. The summed E-state index contributed by atoms with van der Waals surface area (Å²) in [5, 5.41) is 5.52. The molecule has 3 N–H and O–H groups in total. The third-order valence-corrected chi connectivity index (χ3v) is 4.99. The molecule has 2 aromatic heterocycles. The monoisotopic (exact) mass is 417 g/mol. The predicted molar refractivity (Wildman–Crippen MR) is 116 cm³/mol. The van der Waals surface area contributed by atoms with Crippen molar-refractivity contribution in [2.24, 2.45) is 0 Å². The Morgan fingerprint density at radius 1 is 1.13 bits per heavy atom. The van der Waals surface area contributed by atoms with Gasteiger partial charge < -0.3 is 10.6 Å². The molecule has 0 saturated heterocycles. The minimum atomic E-state index is -0.794. The Morgan fingerprint density at radius 3 is 2.37 bits per heavy atom. The van der Waals surface area contributed by atoms with Gasteiger partial charge in [0.25, 0.3) is 11.5 Å². The van der Waals surface area contributed by atoms with Gasteiger partial charge in [0.05, 0.1) is 10.9 Å². The number of pyridine rings is 1. The number of aryl methyl sites for hydroxylation is 1. The molecule has 0 aliphatic rings. The van der Waals surface area contributed by atoms with Crippen molar-refractivity contribution in [3.63, 3.8) is 0 Å². The Labute approximate surface area is 175 Å². The first-order chi connectivity index (χ1) is 14.1. The highest BCUT2D eigenvalue weighted by Gasteiger charge is 2.23. The van der Waals surface area contributed by atoms with E-state index < -0.39 is 23.2 Å². The number of nitrogens with one attached hydrogen (secondary N) is 3. The van der Waals surface area contributed by atoms with E-state index in [1.54, 1.807) is 13.0 Å². The Kier molecular flexibility index (Phi) is 7.53. The molecule has 0 fully saturated rings. The van der Waals surface area contributed by atoms with Crippen molar-refractivity contribution in [3.05, 3.63) is 38.2 Å². The van der Waals surface area contributed by atoms with Crippen molar-refractivity contribution in [1.82, 2.24) is 25.2 Å². The molecule has 2 atom stereocenters. The second-order valence-corrected chi connectivity index (χ2v) is 7.87. The Morgan fingerprint density at radius 2 is 1.80 bits per heavy atom. The standard InChI is InChI=1S/C21H31N5O4/c1-7-9-26-17-16(20(29)25-21(26)30)14(10-15(24-17)11(3)4)19(28)23-13(6)18(27)22-12(5)8-2/h10-13H,7-9H2,1-6H3,(H,22,27)(H,23,28)(H,25,29,30). The van der Waals surface area contributed by atoms with Gasteiger partial charge in [-0.05, 0) is 38.7 Å². The number of amides is 2. The zero-order chi connectivity index (χ0) is 22.6. The van der Waals surface area contributed by atoms with Gasteiger partial charge in [0.15, 0.2) is 5.65 Å². The zero-order valence-electron chi connectivity index (χ0n) is 18.5. The quantitative estimate of drug-likeness (QED) is 0.602. The number of aromatic nitrogens is 3. The fourth-order valence-electron chi connectivity index (χ4n) is 3.01. The van der Waals surface area contributed by atoms with Crippen molar-refractivity contribution in [1.29, 1.82) is 0 Å². The summed E-state index contributed by atoms with van der Waals surface area (Å²) in [4.78, 5) is 57.1. The van der Waals surface area contributed by atoms with E-state index in [9.17, 15) is 19.2 Å². The maximum absolute atomic E-state index is 13.1. The molecule has 30 heavy (non-hydrogen) atoms. The van der Waals surface area contributed by atoms with Gasteiger partial charge in [-0.25, -0.2) is 9.78 Å². The number of H-pyrrole nitrogens is 1. The van der Waals surface area contributed by atoms with Crippen LogP contribution < -0.4 is 21.9 Å². The number of rotatable bonds is 8. The van der Waals surface area contributed by atoms with Gasteiger partial charge in [-0.3, -0.25) is 23.9 Å². The van der Waals surface area contributed by atoms with Crippen molar-refractivity contribution < 1.29 is 9.59 Å². The molecule has 0 aliphatic heterocycles. The van der Waals surface area contributed by atoms with Crippen LogP contribution in [0.15, 0.2) is 15.7 Å². The van der Waals surface area contributed by atoms with Gasteiger partial charge in [0.1, 0.15) is 6.04 Å². The second kappa shape index (κ2) is 9.69. The summed E-state index contributed by atoms with van der Waals surface area (Å²) in [6.45, 7) is 11.5. The Hall–Kier alpha value is -2.97. The van der Waals surface area contributed by atoms with Gasteiger partial charge in [-0.2, -0.15) is 0 Å². The van der Waals surface area contributed by atoms with Crippen LogP contribution in [0.25, 0.3) is 11.0 Å². The van der Waals surface area contributed by atoms with Crippen LogP contribution in [-0.2, 0) is 11.3 Å². The first-order valence-corrected chi connectivity index (χ1v) is 10.4. The number of hydrogen-bond acceptors (Lipinski definition) is 5. The van der Waals surface area contributed by atoms with Crippen LogP contribution in [0, 0.1) is 0 Å². The van der Waals surface area contributed by atoms with Crippen molar-refractivity contribution >= 4 is 22.8 Å². The molecular weight excluding hydrogens is 386 g/mol. The second-order valence-electron chi connectivity index (χ2n) is 7.87. The molecule has 2 amide bonds. The van der Waals surface area contributed by atoms with E-state index in [0.717, 1.165) is 6.42 Å². The summed E-state index contributed by atoms with van der Waals surface area (Å²) < 4.78 is 1.37. The number of aromatic amines is 1. The first-order valence-electron chi connectivity index (χ1n) is 10.4. The molecule has 9 heteroatoms.